The van der Waals surface area contributed by atoms with Crippen molar-refractivity contribution in [1.29, 1.82) is 0 Å². The Morgan fingerprint density at radius 2 is 2.07 bits per heavy atom. The number of anilines is 1. The Balaban J connectivity index is 2.82. The van der Waals surface area contributed by atoms with Gasteiger partial charge < -0.3 is 4.74 Å². The molecule has 4 nitrogen and oxygen atoms in total. The predicted molar refractivity (Wildman–Crippen MR) is 52.0 cm³/mol. The van der Waals surface area contributed by atoms with E-state index in [1.54, 1.807) is 37.3 Å². The summed E-state index contributed by atoms with van der Waals surface area (Å²) >= 11 is 0. The molecule has 0 atom stereocenters. The van der Waals surface area contributed by atoms with Crippen molar-refractivity contribution in [2.75, 3.05) is 11.5 Å². The van der Waals surface area contributed by atoms with E-state index in [1.807, 2.05) is 0 Å². The number of amides is 2. The number of nitrogens with zero attached hydrogens (tertiary/aromatic N) is 1. The van der Waals surface area contributed by atoms with Gasteiger partial charge in [0.25, 0.3) is 0 Å². The van der Waals surface area contributed by atoms with Crippen LogP contribution in [0.4, 0.5) is 10.5 Å². The Morgan fingerprint density at radius 1 is 1.43 bits per heavy atom. The molecule has 4 heteroatoms. The third-order valence-corrected chi connectivity index (χ3v) is 1.60. The summed E-state index contributed by atoms with van der Waals surface area (Å²) in [4.78, 5) is 22.8. The Bertz CT molecular complexity index is 310. The first-order valence-corrected chi connectivity index (χ1v) is 4.26. The van der Waals surface area contributed by atoms with E-state index in [4.69, 9.17) is 4.74 Å². The molecule has 1 aromatic carbocycles. The molecule has 1 aromatic rings. The molecule has 0 aromatic heterocycles. The molecule has 0 radical (unpaired) electrons. The van der Waals surface area contributed by atoms with Gasteiger partial charge in [0, 0.05) is 0 Å². The van der Waals surface area contributed by atoms with Crippen molar-refractivity contribution in [3.63, 3.8) is 0 Å². The zero-order valence-electron chi connectivity index (χ0n) is 7.84. The van der Waals surface area contributed by atoms with Crippen molar-refractivity contribution >= 4 is 18.2 Å². The molecule has 0 saturated heterocycles. The van der Waals surface area contributed by atoms with Gasteiger partial charge in [0.05, 0.1) is 12.3 Å². The van der Waals surface area contributed by atoms with Crippen LogP contribution >= 0.6 is 0 Å². The summed E-state index contributed by atoms with van der Waals surface area (Å²) in [5.41, 5.74) is 0.501. The van der Waals surface area contributed by atoms with Gasteiger partial charge >= 0.3 is 6.09 Å². The first kappa shape index (κ1) is 10.2. The first-order valence-electron chi connectivity index (χ1n) is 4.26. The number of ether oxygens (including phenoxy) is 1. The Kier molecular flexibility index (Phi) is 3.67. The van der Waals surface area contributed by atoms with Gasteiger partial charge in [-0.1, -0.05) is 18.2 Å². The molecule has 74 valence electrons. The molecule has 1 rings (SSSR count). The van der Waals surface area contributed by atoms with E-state index in [-0.39, 0.29) is 6.61 Å². The molecule has 0 unspecified atom stereocenters. The van der Waals surface area contributed by atoms with Gasteiger partial charge in [0.2, 0.25) is 6.41 Å². The highest BCUT2D eigenvalue weighted by Crippen LogP contribution is 2.12. The van der Waals surface area contributed by atoms with E-state index >= 15 is 0 Å². The smallest absolute Gasteiger partial charge is 0.420 e. The fraction of sp³-hybridized carbons (Fsp3) is 0.200. The normalized spacial score (nSPS) is 9.21. The third-order valence-electron chi connectivity index (χ3n) is 1.60. The highest BCUT2D eigenvalue weighted by Gasteiger charge is 2.14. The van der Waals surface area contributed by atoms with Crippen LogP contribution in [-0.2, 0) is 9.53 Å². The van der Waals surface area contributed by atoms with Gasteiger partial charge in [-0.3, -0.25) is 4.79 Å². The Labute approximate surface area is 82.1 Å². The second-order valence-corrected chi connectivity index (χ2v) is 2.51. The van der Waals surface area contributed by atoms with Crippen LogP contribution in [0.25, 0.3) is 0 Å². The number of carbonyl (C=O) groups is 2. The molecule has 0 saturated carbocycles. The average Bonchev–Trinajstić information content (AvgIpc) is 2.21. The lowest BCUT2D eigenvalue weighted by Gasteiger charge is -2.14. The fourth-order valence-electron chi connectivity index (χ4n) is 0.991. The third kappa shape index (κ3) is 2.32. The van der Waals surface area contributed by atoms with E-state index in [2.05, 4.69) is 0 Å². The van der Waals surface area contributed by atoms with E-state index in [0.29, 0.717) is 12.1 Å². The molecule has 0 N–H and O–H groups in total. The molecule has 0 aliphatic rings. The lowest BCUT2D eigenvalue weighted by Crippen LogP contribution is -2.29. The van der Waals surface area contributed by atoms with Crippen LogP contribution in [-0.4, -0.2) is 19.1 Å². The summed E-state index contributed by atoms with van der Waals surface area (Å²) in [5.74, 6) is 0. The summed E-state index contributed by atoms with van der Waals surface area (Å²) < 4.78 is 4.71. The zero-order valence-corrected chi connectivity index (χ0v) is 7.84. The van der Waals surface area contributed by atoms with Gasteiger partial charge in [-0.05, 0) is 19.1 Å². The quantitative estimate of drug-likeness (QED) is 0.688. The summed E-state index contributed by atoms with van der Waals surface area (Å²) in [6.07, 6.45) is -0.221. The fourth-order valence-corrected chi connectivity index (χ4v) is 0.991. The van der Waals surface area contributed by atoms with Crippen molar-refractivity contribution in [2.45, 2.75) is 6.92 Å². The molecule has 14 heavy (non-hydrogen) atoms. The van der Waals surface area contributed by atoms with E-state index in [1.165, 1.54) is 0 Å². The van der Waals surface area contributed by atoms with Gasteiger partial charge in [-0.25, -0.2) is 9.69 Å². The average molecular weight is 193 g/mol. The second kappa shape index (κ2) is 5.01. The number of benzene rings is 1. The zero-order chi connectivity index (χ0) is 10.4. The molecule has 0 aliphatic carbocycles. The maximum Gasteiger partial charge on any atom is 0.420 e. The molecular weight excluding hydrogens is 182 g/mol. The minimum atomic E-state index is -0.659. The Hall–Kier alpha value is -1.84. The van der Waals surface area contributed by atoms with Crippen LogP contribution in [0.15, 0.2) is 30.3 Å². The van der Waals surface area contributed by atoms with Crippen LogP contribution in [0.3, 0.4) is 0 Å². The minimum absolute atomic E-state index is 0.246. The molecule has 0 heterocycles. The maximum absolute atomic E-state index is 11.2. The Morgan fingerprint density at radius 3 is 2.57 bits per heavy atom. The van der Waals surface area contributed by atoms with Crippen molar-refractivity contribution < 1.29 is 14.3 Å². The lowest BCUT2D eigenvalue weighted by molar-refractivity contribution is -0.107. The predicted octanol–water partition coefficient (Wildman–Crippen LogP) is 1.81. The highest BCUT2D eigenvalue weighted by atomic mass is 16.6. The standard InChI is InChI=1S/C10H11NO3/c1-2-14-10(13)11(8-12)9-6-4-3-5-7-9/h3-8H,2H2,1H3. The minimum Gasteiger partial charge on any atom is -0.449 e. The van der Waals surface area contributed by atoms with Crippen LogP contribution in [0.2, 0.25) is 0 Å². The molecule has 0 bridgehead atoms. The van der Waals surface area contributed by atoms with E-state index in [0.717, 1.165) is 4.90 Å². The second-order valence-electron chi connectivity index (χ2n) is 2.51. The van der Waals surface area contributed by atoms with Crippen LogP contribution in [0, 0.1) is 0 Å². The number of rotatable bonds is 3. The van der Waals surface area contributed by atoms with Crippen LogP contribution in [0.5, 0.6) is 0 Å². The molecule has 2 amide bonds. The van der Waals surface area contributed by atoms with Crippen molar-refractivity contribution in [3.05, 3.63) is 30.3 Å². The van der Waals surface area contributed by atoms with Crippen molar-refractivity contribution in [2.24, 2.45) is 0 Å². The van der Waals surface area contributed by atoms with Crippen molar-refractivity contribution in [1.82, 2.24) is 0 Å². The topological polar surface area (TPSA) is 46.6 Å². The van der Waals surface area contributed by atoms with E-state index < -0.39 is 6.09 Å². The SMILES string of the molecule is CCOC(=O)N(C=O)c1ccccc1. The molecule has 0 spiro atoms. The largest absolute Gasteiger partial charge is 0.449 e. The number of para-hydroxylation sites is 1. The van der Waals surface area contributed by atoms with Crippen LogP contribution < -0.4 is 4.90 Å². The lowest BCUT2D eigenvalue weighted by atomic mass is 10.3. The van der Waals surface area contributed by atoms with E-state index in [9.17, 15) is 9.59 Å². The van der Waals surface area contributed by atoms with Gasteiger partial charge in [0.1, 0.15) is 0 Å². The number of hydrogen-bond acceptors (Lipinski definition) is 3. The number of hydrogen-bond donors (Lipinski definition) is 0. The monoisotopic (exact) mass is 193 g/mol. The van der Waals surface area contributed by atoms with Gasteiger partial charge in [-0.15, -0.1) is 0 Å². The van der Waals surface area contributed by atoms with Crippen molar-refractivity contribution in [3.8, 4) is 0 Å². The number of carbonyl (C=O) groups excluding carboxylic acids is 2. The van der Waals surface area contributed by atoms with Crippen LogP contribution in [0.1, 0.15) is 6.92 Å². The maximum atomic E-state index is 11.2. The van der Waals surface area contributed by atoms with Gasteiger partial charge in [0.15, 0.2) is 0 Å². The summed E-state index contributed by atoms with van der Waals surface area (Å²) in [6, 6.07) is 8.60. The summed E-state index contributed by atoms with van der Waals surface area (Å²) in [5, 5.41) is 0. The summed E-state index contributed by atoms with van der Waals surface area (Å²) in [6.45, 7) is 1.93. The molecule has 0 fully saturated rings. The first-order chi connectivity index (χ1) is 6.79. The summed E-state index contributed by atoms with van der Waals surface area (Å²) in [7, 11) is 0. The van der Waals surface area contributed by atoms with Gasteiger partial charge in [-0.2, -0.15) is 0 Å². The molecule has 0 aliphatic heterocycles. The number of imide groups is 1. The molecular formula is C10H11NO3. The highest BCUT2D eigenvalue weighted by molar-refractivity contribution is 6.03.